The van der Waals surface area contributed by atoms with Crippen LogP contribution in [-0.2, 0) is 5.54 Å². The van der Waals surface area contributed by atoms with Crippen LogP contribution in [-0.4, -0.2) is 36.0 Å². The molecule has 170 valence electrons. The maximum Gasteiger partial charge on any atom is 0.288 e. The Balaban J connectivity index is 1.23. The first-order chi connectivity index (χ1) is 15.4. The number of halogens is 1. The number of hydrogen-bond acceptors (Lipinski definition) is 4. The highest BCUT2D eigenvalue weighted by Crippen LogP contribution is 2.58. The molecule has 0 unspecified atom stereocenters. The van der Waals surface area contributed by atoms with E-state index in [2.05, 4.69) is 41.8 Å². The third-order valence-electron chi connectivity index (χ3n) is 8.67. The molecule has 0 spiro atoms. The predicted octanol–water partition coefficient (Wildman–Crippen LogP) is 4.77. The van der Waals surface area contributed by atoms with Crippen LogP contribution < -0.4 is 15.4 Å². The second-order valence-corrected chi connectivity index (χ2v) is 11.3. The summed E-state index contributed by atoms with van der Waals surface area (Å²) in [7, 11) is 0. The van der Waals surface area contributed by atoms with Gasteiger partial charge in [0, 0.05) is 31.9 Å². The molecule has 1 aliphatic heterocycles. The van der Waals surface area contributed by atoms with Crippen molar-refractivity contribution in [2.45, 2.75) is 57.9 Å². The largest absolute Gasteiger partial charge is 0.368 e. The zero-order valence-corrected chi connectivity index (χ0v) is 19.9. The van der Waals surface area contributed by atoms with Crippen LogP contribution in [0.3, 0.4) is 0 Å². The quantitative estimate of drug-likeness (QED) is 0.672. The summed E-state index contributed by atoms with van der Waals surface area (Å²) in [4.78, 5) is 18.1. The highest BCUT2D eigenvalue weighted by atomic mass is 35.5. The fourth-order valence-corrected chi connectivity index (χ4v) is 7.90. The van der Waals surface area contributed by atoms with Gasteiger partial charge >= 0.3 is 0 Å². The molecule has 0 radical (unpaired) electrons. The molecule has 0 N–H and O–H groups in total. The van der Waals surface area contributed by atoms with Crippen LogP contribution in [0.5, 0.6) is 0 Å². The number of aromatic nitrogens is 2. The average Bonchev–Trinajstić information content (AvgIpc) is 2.75. The van der Waals surface area contributed by atoms with Gasteiger partial charge in [-0.05, 0) is 81.8 Å². The van der Waals surface area contributed by atoms with Crippen LogP contribution in [0.4, 0.5) is 11.4 Å². The van der Waals surface area contributed by atoms with Gasteiger partial charge in [-0.2, -0.15) is 5.10 Å². The van der Waals surface area contributed by atoms with Crippen LogP contribution in [0, 0.1) is 31.6 Å². The van der Waals surface area contributed by atoms with Gasteiger partial charge in [0.2, 0.25) is 0 Å². The van der Waals surface area contributed by atoms with E-state index in [-0.39, 0.29) is 11.1 Å². The van der Waals surface area contributed by atoms with Crippen LogP contribution >= 0.6 is 11.6 Å². The third-order valence-corrected chi connectivity index (χ3v) is 9.02. The molecule has 2 heterocycles. The monoisotopic (exact) mass is 452 g/mol. The number of nitrogens with zero attached hydrogens (tertiary/aromatic N) is 4. The summed E-state index contributed by atoms with van der Waals surface area (Å²) in [5.41, 5.74) is 4.55. The van der Waals surface area contributed by atoms with Gasteiger partial charge in [-0.25, -0.2) is 4.68 Å². The molecule has 4 aliphatic carbocycles. The molecule has 32 heavy (non-hydrogen) atoms. The Morgan fingerprint density at radius 3 is 2.03 bits per heavy atom. The number of piperazine rings is 1. The Morgan fingerprint density at radius 2 is 1.47 bits per heavy atom. The SMILES string of the molecule is Cc1ccc(N2CCN(c3cnn(C45CC6CC(CC(C6)C4)C5)c(=O)c3Cl)CC2)c(C)c1. The summed E-state index contributed by atoms with van der Waals surface area (Å²) >= 11 is 6.74. The molecule has 1 aromatic carbocycles. The first-order valence-corrected chi connectivity index (χ1v) is 12.7. The second-order valence-electron chi connectivity index (χ2n) is 11.0. The number of rotatable bonds is 3. The first-order valence-electron chi connectivity index (χ1n) is 12.3. The molecular weight excluding hydrogens is 420 g/mol. The number of anilines is 2. The zero-order chi connectivity index (χ0) is 22.0. The molecule has 5 aliphatic rings. The van der Waals surface area contributed by atoms with Crippen LogP contribution in [0.1, 0.15) is 49.7 Å². The van der Waals surface area contributed by atoms with Gasteiger partial charge < -0.3 is 9.80 Å². The molecule has 0 atom stereocenters. The lowest BCUT2D eigenvalue weighted by Gasteiger charge is -2.56. The van der Waals surface area contributed by atoms with E-state index >= 15 is 0 Å². The molecule has 4 bridgehead atoms. The van der Waals surface area contributed by atoms with E-state index in [0.29, 0.717) is 5.02 Å². The summed E-state index contributed by atoms with van der Waals surface area (Å²) in [5, 5.41) is 5.13. The number of aryl methyl sites for hydroxylation is 2. The normalized spacial score (nSPS) is 31.4. The predicted molar refractivity (Wildman–Crippen MR) is 130 cm³/mol. The summed E-state index contributed by atoms with van der Waals surface area (Å²) in [5.74, 6) is 2.31. The van der Waals surface area contributed by atoms with E-state index in [0.717, 1.165) is 68.9 Å². The molecule has 7 rings (SSSR count). The summed E-state index contributed by atoms with van der Waals surface area (Å²) in [6.07, 6.45) is 9.25. The third kappa shape index (κ3) is 3.27. The fourth-order valence-electron chi connectivity index (χ4n) is 7.66. The van der Waals surface area contributed by atoms with Crippen LogP contribution in [0.15, 0.2) is 29.2 Å². The fraction of sp³-hybridized carbons (Fsp3) is 0.615. The van der Waals surface area contributed by atoms with Gasteiger partial charge in [-0.15, -0.1) is 0 Å². The highest BCUT2D eigenvalue weighted by Gasteiger charge is 2.53. The van der Waals surface area contributed by atoms with Gasteiger partial charge in [0.1, 0.15) is 5.02 Å². The van der Waals surface area contributed by atoms with E-state index in [1.54, 1.807) is 4.68 Å². The van der Waals surface area contributed by atoms with E-state index in [9.17, 15) is 4.79 Å². The van der Waals surface area contributed by atoms with Crippen molar-refractivity contribution in [2.24, 2.45) is 17.8 Å². The van der Waals surface area contributed by atoms with Gasteiger partial charge in [0.15, 0.2) is 0 Å². The molecule has 4 saturated carbocycles. The van der Waals surface area contributed by atoms with Crippen molar-refractivity contribution in [3.05, 3.63) is 50.9 Å². The lowest BCUT2D eigenvalue weighted by molar-refractivity contribution is -0.0518. The summed E-state index contributed by atoms with van der Waals surface area (Å²) in [6, 6.07) is 6.65. The summed E-state index contributed by atoms with van der Waals surface area (Å²) < 4.78 is 1.80. The Bertz CT molecular complexity index is 1070. The van der Waals surface area contributed by atoms with Gasteiger partial charge in [-0.3, -0.25) is 4.79 Å². The number of benzene rings is 1. The molecule has 6 heteroatoms. The standard InChI is InChI=1S/C26H33ClN4O/c1-17-3-4-22(18(2)9-17)29-5-7-30(8-6-29)23-16-28-31(25(32)24(23)27)26-13-19-10-20(14-26)12-21(11-19)15-26/h3-4,9,16,19-21H,5-8,10-15H2,1-2H3. The zero-order valence-electron chi connectivity index (χ0n) is 19.2. The van der Waals surface area contributed by atoms with Crippen molar-refractivity contribution < 1.29 is 0 Å². The van der Waals surface area contributed by atoms with Gasteiger partial charge in [0.25, 0.3) is 5.56 Å². The maximum absolute atomic E-state index is 13.4. The minimum absolute atomic E-state index is 0.0806. The minimum atomic E-state index is -0.0876. The van der Waals surface area contributed by atoms with Gasteiger partial charge in [0.05, 0.1) is 17.4 Å². The molecule has 1 saturated heterocycles. The Labute approximate surface area is 195 Å². The average molecular weight is 453 g/mol. The Morgan fingerprint density at radius 1 is 0.906 bits per heavy atom. The van der Waals surface area contributed by atoms with E-state index in [1.165, 1.54) is 36.1 Å². The van der Waals surface area contributed by atoms with Crippen LogP contribution in [0.2, 0.25) is 5.02 Å². The smallest absolute Gasteiger partial charge is 0.288 e. The molecule has 1 aromatic heterocycles. The highest BCUT2D eigenvalue weighted by molar-refractivity contribution is 6.33. The van der Waals surface area contributed by atoms with E-state index < -0.39 is 0 Å². The Hall–Kier alpha value is -2.01. The van der Waals surface area contributed by atoms with Gasteiger partial charge in [-0.1, -0.05) is 29.3 Å². The lowest BCUT2D eigenvalue weighted by Crippen LogP contribution is -2.55. The van der Waals surface area contributed by atoms with Crippen molar-refractivity contribution in [3.63, 3.8) is 0 Å². The van der Waals surface area contributed by atoms with Crippen molar-refractivity contribution in [2.75, 3.05) is 36.0 Å². The molecule has 2 aromatic rings. The Kier molecular flexibility index (Phi) is 4.83. The molecule has 5 fully saturated rings. The molecule has 5 nitrogen and oxygen atoms in total. The second kappa shape index (κ2) is 7.51. The van der Waals surface area contributed by atoms with Crippen molar-refractivity contribution >= 4 is 23.0 Å². The summed E-state index contributed by atoms with van der Waals surface area (Å²) in [6.45, 7) is 7.83. The van der Waals surface area contributed by atoms with Crippen molar-refractivity contribution in [1.29, 1.82) is 0 Å². The number of hydrogen-bond donors (Lipinski definition) is 0. The van der Waals surface area contributed by atoms with E-state index in [4.69, 9.17) is 16.7 Å². The van der Waals surface area contributed by atoms with Crippen molar-refractivity contribution in [3.8, 4) is 0 Å². The van der Waals surface area contributed by atoms with Crippen LogP contribution in [0.25, 0.3) is 0 Å². The molecule has 0 amide bonds. The minimum Gasteiger partial charge on any atom is -0.368 e. The van der Waals surface area contributed by atoms with E-state index in [1.807, 2.05) is 6.20 Å². The molecular formula is C26H33ClN4O. The lowest BCUT2D eigenvalue weighted by atomic mass is 9.53. The van der Waals surface area contributed by atoms with Crippen molar-refractivity contribution in [1.82, 2.24) is 9.78 Å². The first kappa shape index (κ1) is 20.6. The topological polar surface area (TPSA) is 41.4 Å². The maximum atomic E-state index is 13.4.